The first-order valence-corrected chi connectivity index (χ1v) is 3.62. The first-order valence-electron chi connectivity index (χ1n) is 2.54. The van der Waals surface area contributed by atoms with Gasteiger partial charge in [-0.05, 0) is 28.7 Å². The maximum Gasteiger partial charge on any atom is 0.149 e. The zero-order valence-corrected chi connectivity index (χ0v) is 7.09. The molecule has 3 N–H and O–H groups in total. The van der Waals surface area contributed by atoms with Crippen LogP contribution in [-0.4, -0.2) is 5.11 Å². The number of anilines is 1. The largest absolute Gasteiger partial charge is 0.507 e. The predicted molar refractivity (Wildman–Crippen MR) is 45.2 cm³/mol. The number of benzene rings is 1. The fourth-order valence-electron chi connectivity index (χ4n) is 0.552. The number of halogens is 2. The standard InChI is InChI=1S/C6H5FINO/c7-3-1-6(10)4(8)2-5(3)9/h1-2,10H,9H2. The van der Waals surface area contributed by atoms with Crippen LogP contribution in [0, 0.1) is 9.39 Å². The van der Waals surface area contributed by atoms with Gasteiger partial charge in [0.1, 0.15) is 11.6 Å². The lowest BCUT2D eigenvalue weighted by atomic mass is 10.3. The van der Waals surface area contributed by atoms with Crippen LogP contribution in [0.5, 0.6) is 5.75 Å². The maximum atomic E-state index is 12.5. The molecule has 54 valence electrons. The lowest BCUT2D eigenvalue weighted by molar-refractivity contribution is 0.465. The zero-order valence-electron chi connectivity index (χ0n) is 4.94. The molecule has 1 aromatic rings. The average molecular weight is 253 g/mol. The second kappa shape index (κ2) is 2.61. The van der Waals surface area contributed by atoms with Gasteiger partial charge in [0.25, 0.3) is 0 Å². The summed E-state index contributed by atoms with van der Waals surface area (Å²) in [7, 11) is 0. The summed E-state index contributed by atoms with van der Waals surface area (Å²) >= 11 is 1.87. The smallest absolute Gasteiger partial charge is 0.149 e. The van der Waals surface area contributed by atoms with Gasteiger partial charge in [-0.25, -0.2) is 4.39 Å². The molecule has 0 aliphatic carbocycles. The highest BCUT2D eigenvalue weighted by Crippen LogP contribution is 2.23. The Balaban J connectivity index is 3.28. The van der Waals surface area contributed by atoms with Crippen molar-refractivity contribution in [2.24, 2.45) is 0 Å². The van der Waals surface area contributed by atoms with Gasteiger partial charge in [-0.1, -0.05) is 0 Å². The lowest BCUT2D eigenvalue weighted by Gasteiger charge is -1.98. The molecule has 0 saturated carbocycles. The molecule has 4 heteroatoms. The van der Waals surface area contributed by atoms with Gasteiger partial charge in [-0.2, -0.15) is 0 Å². The third-order valence-electron chi connectivity index (χ3n) is 1.07. The van der Waals surface area contributed by atoms with Crippen molar-refractivity contribution in [1.29, 1.82) is 0 Å². The van der Waals surface area contributed by atoms with E-state index in [0.29, 0.717) is 3.57 Å². The van der Waals surface area contributed by atoms with Gasteiger partial charge in [0.05, 0.1) is 9.26 Å². The van der Waals surface area contributed by atoms with Crippen LogP contribution in [-0.2, 0) is 0 Å². The summed E-state index contributed by atoms with van der Waals surface area (Å²) in [5.41, 5.74) is 5.26. The van der Waals surface area contributed by atoms with E-state index in [4.69, 9.17) is 10.8 Å². The second-order valence-corrected chi connectivity index (χ2v) is 2.99. The summed E-state index contributed by atoms with van der Waals surface area (Å²) in [4.78, 5) is 0. The Labute approximate surface area is 71.0 Å². The van der Waals surface area contributed by atoms with Gasteiger partial charge in [0.2, 0.25) is 0 Å². The normalized spacial score (nSPS) is 9.80. The molecule has 0 amide bonds. The maximum absolute atomic E-state index is 12.5. The van der Waals surface area contributed by atoms with E-state index in [1.807, 2.05) is 22.6 Å². The van der Waals surface area contributed by atoms with E-state index in [2.05, 4.69) is 0 Å². The van der Waals surface area contributed by atoms with Crippen molar-refractivity contribution in [1.82, 2.24) is 0 Å². The van der Waals surface area contributed by atoms with Crippen molar-refractivity contribution in [2.45, 2.75) is 0 Å². The number of hydrogen-bond acceptors (Lipinski definition) is 2. The van der Waals surface area contributed by atoms with Crippen molar-refractivity contribution >= 4 is 28.3 Å². The molecule has 0 heterocycles. The van der Waals surface area contributed by atoms with E-state index in [9.17, 15) is 4.39 Å². The Hall–Kier alpha value is -0.520. The molecule has 0 aliphatic rings. The highest BCUT2D eigenvalue weighted by molar-refractivity contribution is 14.1. The third-order valence-corrected chi connectivity index (χ3v) is 1.93. The number of phenols is 1. The van der Waals surface area contributed by atoms with Gasteiger partial charge in [0.15, 0.2) is 0 Å². The molecule has 1 rings (SSSR count). The van der Waals surface area contributed by atoms with Gasteiger partial charge in [0, 0.05) is 6.07 Å². The molecule has 2 nitrogen and oxygen atoms in total. The van der Waals surface area contributed by atoms with E-state index >= 15 is 0 Å². The van der Waals surface area contributed by atoms with Crippen LogP contribution >= 0.6 is 22.6 Å². The van der Waals surface area contributed by atoms with Crippen LogP contribution in [0.4, 0.5) is 10.1 Å². The summed E-state index contributed by atoms with van der Waals surface area (Å²) in [5.74, 6) is -0.662. The van der Waals surface area contributed by atoms with Crippen LogP contribution in [0.3, 0.4) is 0 Å². The van der Waals surface area contributed by atoms with Crippen molar-refractivity contribution in [2.75, 3.05) is 5.73 Å². The minimum Gasteiger partial charge on any atom is -0.507 e. The van der Waals surface area contributed by atoms with Crippen molar-refractivity contribution in [3.63, 3.8) is 0 Å². The molecule has 0 saturated heterocycles. The molecule has 1 aromatic carbocycles. The zero-order chi connectivity index (χ0) is 7.72. The first kappa shape index (κ1) is 7.59. The summed E-state index contributed by atoms with van der Waals surface area (Å²) in [6.45, 7) is 0. The summed E-state index contributed by atoms with van der Waals surface area (Å²) in [5, 5.41) is 8.92. The molecule has 0 radical (unpaired) electrons. The fourth-order valence-corrected chi connectivity index (χ4v) is 1.04. The summed E-state index contributed by atoms with van der Waals surface area (Å²) < 4.78 is 13.0. The number of aromatic hydroxyl groups is 1. The Morgan fingerprint density at radius 1 is 1.50 bits per heavy atom. The molecule has 0 bridgehead atoms. The Kier molecular flexibility index (Phi) is 1.98. The van der Waals surface area contributed by atoms with E-state index in [1.165, 1.54) is 6.07 Å². The highest BCUT2D eigenvalue weighted by atomic mass is 127. The van der Waals surface area contributed by atoms with Crippen molar-refractivity contribution in [3.05, 3.63) is 21.5 Å². The Morgan fingerprint density at radius 3 is 2.60 bits per heavy atom. The number of rotatable bonds is 0. The lowest BCUT2D eigenvalue weighted by Crippen LogP contribution is -1.90. The topological polar surface area (TPSA) is 46.2 Å². The summed E-state index contributed by atoms with van der Waals surface area (Å²) in [6.07, 6.45) is 0. The number of phenolic OH excluding ortho intramolecular Hbond substituents is 1. The third kappa shape index (κ3) is 1.31. The number of nitrogens with two attached hydrogens (primary N) is 1. The Bertz CT molecular complexity index is 214. The average Bonchev–Trinajstić information content (AvgIpc) is 1.84. The quantitative estimate of drug-likeness (QED) is 0.420. The van der Waals surface area contributed by atoms with Crippen LogP contribution in [0.15, 0.2) is 12.1 Å². The second-order valence-electron chi connectivity index (χ2n) is 1.83. The summed E-state index contributed by atoms with van der Waals surface area (Å²) in [6, 6.07) is 2.38. The predicted octanol–water partition coefficient (Wildman–Crippen LogP) is 1.72. The minimum atomic E-state index is -0.585. The van der Waals surface area contributed by atoms with Crippen LogP contribution in [0.25, 0.3) is 0 Å². The van der Waals surface area contributed by atoms with E-state index in [-0.39, 0.29) is 11.4 Å². The molecule has 0 spiro atoms. The molecule has 0 aromatic heterocycles. The number of hydrogen-bond donors (Lipinski definition) is 2. The van der Waals surface area contributed by atoms with Crippen LogP contribution < -0.4 is 5.73 Å². The highest BCUT2D eigenvalue weighted by Gasteiger charge is 2.02. The van der Waals surface area contributed by atoms with Gasteiger partial charge in [-0.15, -0.1) is 0 Å². The van der Waals surface area contributed by atoms with Crippen molar-refractivity contribution in [3.8, 4) is 5.75 Å². The molecular weight excluding hydrogens is 248 g/mol. The fraction of sp³-hybridized carbons (Fsp3) is 0. The SMILES string of the molecule is Nc1cc(I)c(O)cc1F. The first-order chi connectivity index (χ1) is 4.61. The number of nitrogen functional groups attached to an aromatic ring is 1. The van der Waals surface area contributed by atoms with Gasteiger partial charge < -0.3 is 10.8 Å². The van der Waals surface area contributed by atoms with Crippen molar-refractivity contribution < 1.29 is 9.50 Å². The molecule has 0 aliphatic heterocycles. The molecule has 10 heavy (non-hydrogen) atoms. The minimum absolute atomic E-state index is 0.0576. The molecule has 0 unspecified atom stereocenters. The van der Waals surface area contributed by atoms with E-state index in [0.717, 1.165) is 6.07 Å². The molecule has 0 atom stereocenters. The van der Waals surface area contributed by atoms with Gasteiger partial charge >= 0.3 is 0 Å². The van der Waals surface area contributed by atoms with E-state index < -0.39 is 5.82 Å². The Morgan fingerprint density at radius 2 is 2.10 bits per heavy atom. The molecule has 0 fully saturated rings. The molecular formula is C6H5FINO. The van der Waals surface area contributed by atoms with Gasteiger partial charge in [-0.3, -0.25) is 0 Å². The van der Waals surface area contributed by atoms with E-state index in [1.54, 1.807) is 0 Å². The van der Waals surface area contributed by atoms with Crippen LogP contribution in [0.1, 0.15) is 0 Å². The van der Waals surface area contributed by atoms with Crippen LogP contribution in [0.2, 0.25) is 0 Å². The monoisotopic (exact) mass is 253 g/mol.